The molecule has 132 valence electrons. The zero-order chi connectivity index (χ0) is 17.3. The van der Waals surface area contributed by atoms with Gasteiger partial charge in [0.2, 0.25) is 0 Å². The third-order valence-electron chi connectivity index (χ3n) is 3.44. The molecule has 12 heteroatoms. The number of hydrogen-bond acceptors (Lipinski definition) is 9. The van der Waals surface area contributed by atoms with E-state index in [0.717, 1.165) is 24.2 Å². The Bertz CT molecular complexity index is 826. The van der Waals surface area contributed by atoms with Gasteiger partial charge in [-0.15, -0.1) is 11.3 Å². The van der Waals surface area contributed by atoms with Gasteiger partial charge < -0.3 is 19.7 Å². The fourth-order valence-corrected chi connectivity index (χ4v) is 5.83. The molecule has 9 nitrogen and oxygen atoms in total. The molecule has 0 aromatic carbocycles. The summed E-state index contributed by atoms with van der Waals surface area (Å²) in [4.78, 5) is 0. The van der Waals surface area contributed by atoms with E-state index in [9.17, 15) is 18.1 Å². The number of ether oxygens (including phenoxy) is 1. The van der Waals surface area contributed by atoms with E-state index in [2.05, 4.69) is 14.1 Å². The van der Waals surface area contributed by atoms with Crippen molar-refractivity contribution in [3.8, 4) is 11.6 Å². The molecule has 1 atom stereocenters. The van der Waals surface area contributed by atoms with E-state index in [1.54, 1.807) is 6.92 Å². The molecule has 2 aromatic heterocycles. The first kappa shape index (κ1) is 17.4. The van der Waals surface area contributed by atoms with Gasteiger partial charge in [-0.05, 0) is 19.8 Å². The van der Waals surface area contributed by atoms with E-state index in [1.807, 2.05) is 0 Å². The third kappa shape index (κ3) is 3.19. The second-order valence-electron chi connectivity index (χ2n) is 5.02. The first-order valence-corrected chi connectivity index (χ1v) is 10.6. The van der Waals surface area contributed by atoms with Gasteiger partial charge in [0.15, 0.2) is 21.1 Å². The number of sulfonamides is 1. The van der Waals surface area contributed by atoms with Gasteiger partial charge >= 0.3 is 5.88 Å². The van der Waals surface area contributed by atoms with Gasteiger partial charge in [-0.1, -0.05) is 0 Å². The summed E-state index contributed by atoms with van der Waals surface area (Å²) in [5.41, 5.74) is 0.155. The molecule has 0 amide bonds. The molecule has 0 radical (unpaired) electrons. The summed E-state index contributed by atoms with van der Waals surface area (Å²) in [6.07, 6.45) is 1.63. The van der Waals surface area contributed by atoms with Crippen LogP contribution in [0.5, 0.6) is 11.6 Å². The Kier molecular flexibility index (Phi) is 4.92. The first-order valence-electron chi connectivity index (χ1n) is 7.23. The Morgan fingerprint density at radius 1 is 1.46 bits per heavy atom. The number of nitrogens with one attached hydrogen (secondary N) is 1. The van der Waals surface area contributed by atoms with Crippen molar-refractivity contribution >= 4 is 44.0 Å². The predicted octanol–water partition coefficient (Wildman–Crippen LogP) is 1.90. The van der Waals surface area contributed by atoms with Gasteiger partial charge in [-0.3, -0.25) is 0 Å². The predicted molar refractivity (Wildman–Crippen MR) is 89.1 cm³/mol. The van der Waals surface area contributed by atoms with E-state index in [4.69, 9.17) is 4.74 Å². The summed E-state index contributed by atoms with van der Waals surface area (Å²) in [5, 5.41) is 14.5. The molecule has 2 N–H and O–H groups in total. The van der Waals surface area contributed by atoms with Crippen LogP contribution in [0.1, 0.15) is 19.8 Å². The quantitative estimate of drug-likeness (QED) is 0.713. The van der Waals surface area contributed by atoms with Crippen LogP contribution < -0.4 is 10.1 Å². The fourth-order valence-electron chi connectivity index (χ4n) is 2.34. The second kappa shape index (κ2) is 6.80. The van der Waals surface area contributed by atoms with Crippen molar-refractivity contribution in [2.24, 2.45) is 0 Å². The van der Waals surface area contributed by atoms with Crippen LogP contribution in [0.4, 0.5) is 11.5 Å². The number of rotatable bonds is 6. The van der Waals surface area contributed by atoms with Gasteiger partial charge in [-0.2, -0.15) is 4.31 Å². The minimum Gasteiger partial charge on any atom is -0.546 e. The van der Waals surface area contributed by atoms with Gasteiger partial charge in [0.1, 0.15) is 0 Å². The molecule has 3 heterocycles. The highest BCUT2D eigenvalue weighted by atomic mass is 32.2. The largest absolute Gasteiger partial charge is 0.546 e. The monoisotopic (exact) mass is 392 g/mol. The van der Waals surface area contributed by atoms with Crippen LogP contribution >= 0.6 is 22.5 Å². The lowest BCUT2D eigenvalue weighted by atomic mass is 10.4. The molecular weight excluding hydrogens is 376 g/mol. The zero-order valence-corrected chi connectivity index (χ0v) is 15.2. The zero-order valence-electron chi connectivity index (χ0n) is 12.8. The van der Waals surface area contributed by atoms with Crippen LogP contribution in [0.15, 0.2) is 9.59 Å². The molecule has 1 aliphatic rings. The Labute approximate surface area is 146 Å². The molecule has 0 bridgehead atoms. The summed E-state index contributed by atoms with van der Waals surface area (Å²) < 4.78 is 50.4. The SMILES string of the molecule is CCOc1n[s+]([O-])nc1Nc1csc(S(=O)(=O)N2CCCC2)c1O. The van der Waals surface area contributed by atoms with Crippen molar-refractivity contribution in [3.05, 3.63) is 5.38 Å². The summed E-state index contributed by atoms with van der Waals surface area (Å²) >= 11 is -0.878. The third-order valence-corrected chi connectivity index (χ3v) is 7.49. The van der Waals surface area contributed by atoms with Gasteiger partial charge in [0, 0.05) is 27.2 Å². The number of aromatic nitrogens is 2. The Morgan fingerprint density at radius 3 is 2.83 bits per heavy atom. The van der Waals surface area contributed by atoms with Crippen molar-refractivity contribution < 1.29 is 22.8 Å². The maximum Gasteiger partial charge on any atom is 0.318 e. The lowest BCUT2D eigenvalue weighted by Gasteiger charge is -2.14. The summed E-state index contributed by atoms with van der Waals surface area (Å²) in [5.74, 6) is -0.234. The van der Waals surface area contributed by atoms with E-state index in [-0.39, 0.29) is 27.3 Å². The van der Waals surface area contributed by atoms with Crippen LogP contribution in [-0.2, 0) is 10.0 Å². The summed E-state index contributed by atoms with van der Waals surface area (Å²) in [7, 11) is -3.72. The van der Waals surface area contributed by atoms with E-state index < -0.39 is 21.2 Å². The topological polar surface area (TPSA) is 128 Å². The molecule has 0 aliphatic carbocycles. The average molecular weight is 392 g/mol. The van der Waals surface area contributed by atoms with Crippen molar-refractivity contribution in [2.75, 3.05) is 25.0 Å². The molecule has 24 heavy (non-hydrogen) atoms. The maximum atomic E-state index is 12.5. The highest BCUT2D eigenvalue weighted by Crippen LogP contribution is 2.42. The highest BCUT2D eigenvalue weighted by molar-refractivity contribution is 7.91. The molecule has 1 aliphatic heterocycles. The highest BCUT2D eigenvalue weighted by Gasteiger charge is 2.32. The van der Waals surface area contributed by atoms with Crippen molar-refractivity contribution in [3.63, 3.8) is 0 Å². The number of thiophene rings is 1. The number of nitrogens with zero attached hydrogens (tertiary/aromatic N) is 3. The number of anilines is 2. The molecule has 1 saturated heterocycles. The molecular formula is C12H16N4O5S3. The summed E-state index contributed by atoms with van der Waals surface area (Å²) in [6.45, 7) is 2.95. The maximum absolute atomic E-state index is 12.5. The Hall–Kier alpha value is -1.47. The minimum atomic E-state index is -3.72. The van der Waals surface area contributed by atoms with E-state index >= 15 is 0 Å². The lowest BCUT2D eigenvalue weighted by molar-refractivity contribution is 0.331. The van der Waals surface area contributed by atoms with E-state index in [0.29, 0.717) is 19.7 Å². The van der Waals surface area contributed by atoms with Crippen molar-refractivity contribution in [1.82, 2.24) is 13.1 Å². The first-order chi connectivity index (χ1) is 11.4. The molecule has 3 rings (SSSR count). The fraction of sp³-hybridized carbons (Fsp3) is 0.500. The number of aromatic hydroxyl groups is 1. The smallest absolute Gasteiger partial charge is 0.318 e. The normalized spacial score (nSPS) is 16.5. The molecule has 0 spiro atoms. The molecule has 1 fully saturated rings. The molecule has 2 aromatic rings. The lowest BCUT2D eigenvalue weighted by Crippen LogP contribution is -2.27. The Morgan fingerprint density at radius 2 is 2.17 bits per heavy atom. The van der Waals surface area contributed by atoms with Crippen LogP contribution in [0.3, 0.4) is 0 Å². The van der Waals surface area contributed by atoms with Crippen LogP contribution in [-0.4, -0.2) is 50.8 Å². The van der Waals surface area contributed by atoms with Gasteiger partial charge in [-0.25, -0.2) is 8.42 Å². The van der Waals surface area contributed by atoms with Gasteiger partial charge in [0.25, 0.3) is 15.8 Å². The number of hydrogen-bond donors (Lipinski definition) is 2. The van der Waals surface area contributed by atoms with Crippen LogP contribution in [0, 0.1) is 0 Å². The Balaban J connectivity index is 1.88. The average Bonchev–Trinajstić information content (AvgIpc) is 3.23. The standard InChI is InChI=1S/C12H16N4O5S3/c1-2-21-11-10(14-23(18)15-11)13-8-7-22-12(9(8)17)24(19,20)16-5-3-4-6-16/h7,17H,2-6H2,1H3,(H,13,14). The summed E-state index contributed by atoms with van der Waals surface area (Å²) in [6, 6.07) is 0. The molecule has 0 saturated carbocycles. The second-order valence-corrected chi connectivity index (χ2v) is 8.86. The van der Waals surface area contributed by atoms with Crippen molar-refractivity contribution in [2.45, 2.75) is 24.0 Å². The van der Waals surface area contributed by atoms with Crippen LogP contribution in [0.25, 0.3) is 0 Å². The van der Waals surface area contributed by atoms with Crippen molar-refractivity contribution in [1.29, 1.82) is 0 Å². The van der Waals surface area contributed by atoms with E-state index in [1.165, 1.54) is 9.69 Å². The van der Waals surface area contributed by atoms with Crippen LogP contribution in [0.2, 0.25) is 0 Å². The minimum absolute atomic E-state index is 0.0605. The molecule has 1 unspecified atom stereocenters. The van der Waals surface area contributed by atoms with Gasteiger partial charge in [0.05, 0.1) is 12.3 Å².